The molecule has 0 spiro atoms. The molecule has 2 aliphatic carbocycles. The maximum atomic E-state index is 14.8. The van der Waals surface area contributed by atoms with Crippen LogP contribution in [0.5, 0.6) is 0 Å². The fourth-order valence-electron chi connectivity index (χ4n) is 12.8. The molecule has 11 rings (SSSR count). The number of imide groups is 1. The molecule has 0 aromatic heterocycles. The number of carbonyl (C=O) groups excluding carboxylic acids is 3. The monoisotopic (exact) mass is 956 g/mol. The third kappa shape index (κ3) is 6.63. The lowest BCUT2D eigenvalue weighted by atomic mass is 9.77. The number of hydrogen-bond acceptors (Lipinski definition) is 4. The molecule has 7 aromatic rings. The third-order valence-electron chi connectivity index (χ3n) is 16.0. The Kier molecular flexibility index (Phi) is 11.1. The number of halogens is 4. The summed E-state index contributed by atoms with van der Waals surface area (Å²) < 4.78 is 0. The zero-order valence-electron chi connectivity index (χ0n) is 37.7. The quantitative estimate of drug-likeness (QED) is 0.0935. The Balaban J connectivity index is 1.01. The van der Waals surface area contributed by atoms with Crippen LogP contribution in [0.4, 0.5) is 11.4 Å². The average Bonchev–Trinajstić information content (AvgIpc) is 3.30. The summed E-state index contributed by atoms with van der Waals surface area (Å²) in [5.41, 5.74) is 6.63. The van der Waals surface area contributed by atoms with Gasteiger partial charge in [-0.05, 0) is 148 Å². The number of amides is 3. The molecule has 2 heterocycles. The van der Waals surface area contributed by atoms with Gasteiger partial charge in [0.25, 0.3) is 17.7 Å². The van der Waals surface area contributed by atoms with Gasteiger partial charge in [0, 0.05) is 80.0 Å². The Labute approximate surface area is 405 Å². The lowest BCUT2D eigenvalue weighted by Crippen LogP contribution is -2.41. The Morgan fingerprint density at radius 1 is 0.500 bits per heavy atom. The second-order valence-corrected chi connectivity index (χ2v) is 21.4. The van der Waals surface area contributed by atoms with E-state index in [1.807, 2.05) is 26.0 Å². The minimum atomic E-state index is -1.37. The summed E-state index contributed by atoms with van der Waals surface area (Å²) in [6, 6.07) is 18.9. The maximum Gasteiger partial charge on any atom is 0.266 e. The van der Waals surface area contributed by atoms with Crippen LogP contribution in [0.3, 0.4) is 0 Å². The third-order valence-corrected chi connectivity index (χ3v) is 17.2. The van der Waals surface area contributed by atoms with Gasteiger partial charge in [-0.3, -0.25) is 19.3 Å². The number of carbonyl (C=O) groups is 3. The number of nitrogens with zero attached hydrogens (tertiary/aromatic N) is 2. The van der Waals surface area contributed by atoms with Crippen LogP contribution in [-0.2, 0) is 0 Å². The highest BCUT2D eigenvalue weighted by Gasteiger charge is 2.41. The SMILES string of the molecule is CCCC1CCC(c2ccc(N3C(=O)c4cc(Cl)c5c6c(Cl)cc7c8c(cc(Cl)c(c9c(Cl)cc(c4c59)C3=O)c86)C(O)N(c3ccc(C4CCC(CCC)CC4)cc3C)C7=O)c(C)c2)CC1. The molecule has 7 aromatic carbocycles. The summed E-state index contributed by atoms with van der Waals surface area (Å²) in [5.74, 6) is 1.12. The van der Waals surface area contributed by atoms with Crippen molar-refractivity contribution in [3.8, 4) is 0 Å². The van der Waals surface area contributed by atoms with Gasteiger partial charge < -0.3 is 5.11 Å². The van der Waals surface area contributed by atoms with Crippen molar-refractivity contribution in [2.45, 2.75) is 123 Å². The van der Waals surface area contributed by atoms with Gasteiger partial charge in [-0.1, -0.05) is 110 Å². The topological polar surface area (TPSA) is 77.9 Å². The largest absolute Gasteiger partial charge is 0.369 e. The first-order valence-electron chi connectivity index (χ1n) is 23.9. The lowest BCUT2D eigenvalue weighted by Gasteiger charge is -2.36. The lowest BCUT2D eigenvalue weighted by molar-refractivity contribution is 0.0871. The van der Waals surface area contributed by atoms with Crippen molar-refractivity contribution in [3.05, 3.63) is 125 Å². The van der Waals surface area contributed by atoms with Crippen molar-refractivity contribution in [2.75, 3.05) is 9.80 Å². The first kappa shape index (κ1) is 44.1. The van der Waals surface area contributed by atoms with E-state index in [2.05, 4.69) is 38.1 Å². The van der Waals surface area contributed by atoms with E-state index in [4.69, 9.17) is 46.4 Å². The first-order chi connectivity index (χ1) is 31.8. The van der Waals surface area contributed by atoms with Gasteiger partial charge in [-0.2, -0.15) is 0 Å². The van der Waals surface area contributed by atoms with E-state index < -0.39 is 23.9 Å². The maximum absolute atomic E-state index is 14.8. The van der Waals surface area contributed by atoms with E-state index in [1.54, 1.807) is 24.3 Å². The molecule has 0 saturated heterocycles. The molecule has 0 bridgehead atoms. The van der Waals surface area contributed by atoms with Crippen molar-refractivity contribution in [2.24, 2.45) is 11.8 Å². The molecule has 2 saturated carbocycles. The van der Waals surface area contributed by atoms with Crippen LogP contribution in [0.1, 0.15) is 168 Å². The summed E-state index contributed by atoms with van der Waals surface area (Å²) >= 11 is 29.3. The molecule has 66 heavy (non-hydrogen) atoms. The minimum absolute atomic E-state index is 0.226. The molecular weight excluding hydrogens is 906 g/mol. The number of aryl methyl sites for hydroxylation is 2. The van der Waals surface area contributed by atoms with Crippen molar-refractivity contribution in [1.82, 2.24) is 0 Å². The van der Waals surface area contributed by atoms with Crippen LogP contribution in [-0.4, -0.2) is 22.8 Å². The molecule has 1 N–H and O–H groups in total. The summed E-state index contributed by atoms with van der Waals surface area (Å²) in [4.78, 5) is 47.1. The Hall–Kier alpha value is -4.43. The van der Waals surface area contributed by atoms with E-state index in [0.717, 1.165) is 48.6 Å². The van der Waals surface area contributed by atoms with Crippen molar-refractivity contribution in [1.29, 1.82) is 0 Å². The van der Waals surface area contributed by atoms with E-state index in [9.17, 15) is 19.5 Å². The van der Waals surface area contributed by atoms with Crippen molar-refractivity contribution < 1.29 is 19.5 Å². The standard InChI is InChI=1S/C56H52Cl4N2O4/c1-5-7-29-9-13-31(14-10-29)33-17-19-43(27(3)21-33)61-53(63)35-23-39(57)47-49-41(59)25-37-46-38(26-42(60)50(52(46)49)48-40(58)24-36(54(61)64)45(35)51(47)48)56(66)62(55(37)65)44-20-18-34(22-28(44)4)32-15-11-30(8-6-2)12-16-32/h17-26,29-32,53,63H,5-16H2,1-4H3. The number of hydrogen-bond donors (Lipinski definition) is 1. The van der Waals surface area contributed by atoms with Gasteiger partial charge in [0.2, 0.25) is 0 Å². The Bertz CT molecular complexity index is 3140. The zero-order chi connectivity index (χ0) is 46.0. The van der Waals surface area contributed by atoms with E-state index >= 15 is 0 Å². The molecule has 0 radical (unpaired) electrons. The minimum Gasteiger partial charge on any atom is -0.369 e. The summed E-state index contributed by atoms with van der Waals surface area (Å²) in [5, 5.41) is 17.1. The summed E-state index contributed by atoms with van der Waals surface area (Å²) in [6.45, 7) is 8.45. The fraction of sp³-hybridized carbons (Fsp3) is 0.375. The van der Waals surface area contributed by atoms with Crippen LogP contribution < -0.4 is 9.80 Å². The van der Waals surface area contributed by atoms with Gasteiger partial charge in [-0.15, -0.1) is 0 Å². The molecule has 2 fully saturated rings. The van der Waals surface area contributed by atoms with Gasteiger partial charge in [0.05, 0.1) is 16.8 Å². The number of aliphatic hydroxyl groups is 1. The van der Waals surface area contributed by atoms with E-state index in [1.165, 1.54) is 72.3 Å². The molecule has 1 unspecified atom stereocenters. The fourth-order valence-corrected chi connectivity index (χ4v) is 14.0. The van der Waals surface area contributed by atoms with Crippen LogP contribution in [0.2, 0.25) is 20.1 Å². The molecule has 1 atom stereocenters. The van der Waals surface area contributed by atoms with Crippen LogP contribution >= 0.6 is 46.4 Å². The number of fused-ring (bicyclic) bond motifs is 2. The van der Waals surface area contributed by atoms with E-state index in [-0.39, 0.29) is 31.2 Å². The number of rotatable bonds is 8. The molecule has 338 valence electrons. The molecule has 3 amide bonds. The van der Waals surface area contributed by atoms with Gasteiger partial charge in [-0.25, -0.2) is 4.90 Å². The second-order valence-electron chi connectivity index (χ2n) is 19.8. The highest BCUT2D eigenvalue weighted by molar-refractivity contribution is 6.56. The van der Waals surface area contributed by atoms with Crippen molar-refractivity contribution in [3.63, 3.8) is 0 Å². The van der Waals surface area contributed by atoms with Crippen LogP contribution in [0, 0.1) is 25.7 Å². The highest BCUT2D eigenvalue weighted by atomic mass is 35.5. The molecule has 6 nitrogen and oxygen atoms in total. The van der Waals surface area contributed by atoms with Gasteiger partial charge in [0.15, 0.2) is 6.23 Å². The average molecular weight is 959 g/mol. The highest BCUT2D eigenvalue weighted by Crippen LogP contribution is 2.55. The van der Waals surface area contributed by atoms with Gasteiger partial charge in [0.1, 0.15) is 0 Å². The van der Waals surface area contributed by atoms with Crippen LogP contribution in [0.25, 0.3) is 43.1 Å². The first-order valence-corrected chi connectivity index (χ1v) is 25.4. The van der Waals surface area contributed by atoms with Gasteiger partial charge >= 0.3 is 0 Å². The molecular formula is C56H52Cl4N2O4. The summed E-state index contributed by atoms with van der Waals surface area (Å²) in [6.07, 6.45) is 13.1. The normalized spacial score (nSPS) is 22.3. The predicted molar refractivity (Wildman–Crippen MR) is 272 cm³/mol. The second kappa shape index (κ2) is 16.7. The predicted octanol–water partition coefficient (Wildman–Crippen LogP) is 16.6. The molecule has 4 aliphatic rings. The number of aliphatic hydroxyl groups excluding tert-OH is 1. The van der Waals surface area contributed by atoms with E-state index in [0.29, 0.717) is 77.4 Å². The summed E-state index contributed by atoms with van der Waals surface area (Å²) in [7, 11) is 0. The number of benzene rings is 7. The molecule has 2 aliphatic heterocycles. The smallest absolute Gasteiger partial charge is 0.266 e. The number of anilines is 2. The Morgan fingerprint density at radius 2 is 0.909 bits per heavy atom. The van der Waals surface area contributed by atoms with Crippen molar-refractivity contribution >= 4 is 119 Å². The zero-order valence-corrected chi connectivity index (χ0v) is 40.7. The molecule has 10 heteroatoms. The van der Waals surface area contributed by atoms with Crippen LogP contribution in [0.15, 0.2) is 60.7 Å². The Morgan fingerprint density at radius 3 is 1.35 bits per heavy atom.